The minimum Gasteiger partial charge on any atom is -0.382 e. The molecule has 1 aliphatic rings. The maximum atomic E-state index is 12.3. The summed E-state index contributed by atoms with van der Waals surface area (Å²) < 4.78 is 4.20. The average molecular weight is 296 g/mol. The lowest BCUT2D eigenvalue weighted by Crippen LogP contribution is -2.34. The predicted molar refractivity (Wildman–Crippen MR) is 84.3 cm³/mol. The molecule has 3 N–H and O–H groups in total. The Labute approximate surface area is 124 Å². The van der Waals surface area contributed by atoms with Gasteiger partial charge in [-0.15, -0.1) is 0 Å². The molecular weight excluding hydrogens is 272 g/mol. The van der Waals surface area contributed by atoms with E-state index in [1.54, 1.807) is 0 Å². The number of nitrogen functional groups attached to an aromatic ring is 1. The van der Waals surface area contributed by atoms with E-state index in [1.165, 1.54) is 24.4 Å². The van der Waals surface area contributed by atoms with Crippen molar-refractivity contribution in [2.45, 2.75) is 52.6 Å². The van der Waals surface area contributed by atoms with Gasteiger partial charge >= 0.3 is 0 Å². The van der Waals surface area contributed by atoms with Gasteiger partial charge in [-0.2, -0.15) is 4.37 Å². The maximum Gasteiger partial charge on any atom is 0.258 e. The van der Waals surface area contributed by atoms with Crippen molar-refractivity contribution in [1.82, 2.24) is 9.69 Å². The molecule has 1 aromatic heterocycles. The first-order chi connectivity index (χ1) is 9.40. The van der Waals surface area contributed by atoms with Gasteiger partial charge in [-0.05, 0) is 44.1 Å². The Hall–Kier alpha value is -1.30. The van der Waals surface area contributed by atoms with Gasteiger partial charge in [0.05, 0.1) is 0 Å². The molecule has 112 valence electrons. The molecule has 0 spiro atoms. The maximum absolute atomic E-state index is 12.3. The van der Waals surface area contributed by atoms with E-state index in [1.807, 2.05) is 13.8 Å². The summed E-state index contributed by atoms with van der Waals surface area (Å²) in [4.78, 5) is 14.7. The van der Waals surface area contributed by atoms with Crippen LogP contribution in [-0.4, -0.2) is 28.9 Å². The number of hydrogen-bond acceptors (Lipinski definition) is 5. The topological polar surface area (TPSA) is 71.2 Å². The summed E-state index contributed by atoms with van der Waals surface area (Å²) >= 11 is 1.34. The summed E-state index contributed by atoms with van der Waals surface area (Å²) in [6.07, 6.45) is 2.38. The first-order valence-electron chi connectivity index (χ1n) is 7.22. The minimum atomic E-state index is -0.115. The molecule has 0 aromatic carbocycles. The van der Waals surface area contributed by atoms with Gasteiger partial charge in [-0.3, -0.25) is 4.79 Å². The second-order valence-electron chi connectivity index (χ2n) is 6.15. The normalized spacial score (nSPS) is 14.9. The number of nitrogens with one attached hydrogen (secondary N) is 1. The van der Waals surface area contributed by atoms with Gasteiger partial charge in [0.15, 0.2) is 5.82 Å². The highest BCUT2D eigenvalue weighted by Crippen LogP contribution is 2.38. The highest BCUT2D eigenvalue weighted by atomic mass is 32.1. The lowest BCUT2D eigenvalue weighted by molar-refractivity contribution is 0.0944. The fourth-order valence-electron chi connectivity index (χ4n) is 2.21. The summed E-state index contributed by atoms with van der Waals surface area (Å²) in [6.45, 7) is 9.20. The zero-order valence-electron chi connectivity index (χ0n) is 12.6. The Morgan fingerprint density at radius 1 is 1.45 bits per heavy atom. The number of amides is 1. The number of nitrogens with two attached hydrogens (primary N) is 1. The largest absolute Gasteiger partial charge is 0.382 e. The standard InChI is InChI=1S/C14H24N4OS/c1-8(2)7-18(10-5-6-10)14-11(12(15)17-20-14)13(19)16-9(3)4/h8-10H,5-7H2,1-4H3,(H2,15,17)(H,16,19). The molecule has 0 aliphatic heterocycles. The predicted octanol–water partition coefficient (Wildman–Crippen LogP) is 2.49. The Morgan fingerprint density at radius 2 is 2.10 bits per heavy atom. The van der Waals surface area contributed by atoms with E-state index >= 15 is 0 Å². The van der Waals surface area contributed by atoms with Crippen molar-refractivity contribution in [3.05, 3.63) is 5.56 Å². The van der Waals surface area contributed by atoms with E-state index in [0.29, 0.717) is 23.3 Å². The first-order valence-corrected chi connectivity index (χ1v) is 8.00. The van der Waals surface area contributed by atoms with Crippen LogP contribution >= 0.6 is 11.5 Å². The molecule has 1 aliphatic carbocycles. The van der Waals surface area contributed by atoms with E-state index in [-0.39, 0.29) is 11.9 Å². The quantitative estimate of drug-likeness (QED) is 0.846. The molecule has 2 rings (SSSR count). The number of aromatic nitrogens is 1. The molecule has 1 heterocycles. The Kier molecular flexibility index (Phi) is 4.52. The molecule has 5 nitrogen and oxygen atoms in total. The van der Waals surface area contributed by atoms with Crippen LogP contribution in [0.2, 0.25) is 0 Å². The van der Waals surface area contributed by atoms with Crippen LogP contribution in [0.5, 0.6) is 0 Å². The molecule has 0 atom stereocenters. The molecule has 1 aromatic rings. The molecule has 1 saturated carbocycles. The van der Waals surface area contributed by atoms with E-state index in [2.05, 4.69) is 28.4 Å². The lowest BCUT2D eigenvalue weighted by atomic mass is 10.2. The molecule has 1 fully saturated rings. The fraction of sp³-hybridized carbons (Fsp3) is 0.714. The fourth-order valence-corrected chi connectivity index (χ4v) is 3.11. The summed E-state index contributed by atoms with van der Waals surface area (Å²) in [5, 5.41) is 3.84. The monoisotopic (exact) mass is 296 g/mol. The van der Waals surface area contributed by atoms with Crippen molar-refractivity contribution < 1.29 is 4.79 Å². The van der Waals surface area contributed by atoms with Crippen LogP contribution < -0.4 is 16.0 Å². The summed E-state index contributed by atoms with van der Waals surface area (Å²) in [5.74, 6) is 0.771. The zero-order valence-corrected chi connectivity index (χ0v) is 13.5. The third kappa shape index (κ3) is 3.42. The van der Waals surface area contributed by atoms with Gasteiger partial charge in [0, 0.05) is 18.6 Å². The molecule has 1 amide bonds. The van der Waals surface area contributed by atoms with Crippen molar-refractivity contribution in [1.29, 1.82) is 0 Å². The van der Waals surface area contributed by atoms with Crippen LogP contribution in [0.4, 0.5) is 10.8 Å². The van der Waals surface area contributed by atoms with Crippen molar-refractivity contribution >= 4 is 28.3 Å². The molecule has 6 heteroatoms. The van der Waals surface area contributed by atoms with Crippen LogP contribution in [0.1, 0.15) is 50.9 Å². The first kappa shape index (κ1) is 15.1. The lowest BCUT2D eigenvalue weighted by Gasteiger charge is -2.25. The van der Waals surface area contributed by atoms with E-state index in [4.69, 9.17) is 5.73 Å². The smallest absolute Gasteiger partial charge is 0.258 e. The molecule has 0 bridgehead atoms. The van der Waals surface area contributed by atoms with Crippen molar-refractivity contribution in [2.75, 3.05) is 17.2 Å². The molecule has 0 saturated heterocycles. The minimum absolute atomic E-state index is 0.0918. The van der Waals surface area contributed by atoms with Crippen LogP contribution in [0.25, 0.3) is 0 Å². The number of carbonyl (C=O) groups is 1. The molecule has 0 unspecified atom stereocenters. The van der Waals surface area contributed by atoms with Crippen molar-refractivity contribution in [3.8, 4) is 0 Å². The Morgan fingerprint density at radius 3 is 2.60 bits per heavy atom. The van der Waals surface area contributed by atoms with Crippen LogP contribution in [-0.2, 0) is 0 Å². The van der Waals surface area contributed by atoms with Gasteiger partial charge in [0.25, 0.3) is 5.91 Å². The van der Waals surface area contributed by atoms with E-state index in [0.717, 1.165) is 11.5 Å². The highest BCUT2D eigenvalue weighted by molar-refractivity contribution is 7.11. The number of anilines is 2. The highest BCUT2D eigenvalue weighted by Gasteiger charge is 2.34. The van der Waals surface area contributed by atoms with Gasteiger partial charge < -0.3 is 16.0 Å². The van der Waals surface area contributed by atoms with E-state index in [9.17, 15) is 4.79 Å². The second-order valence-corrected chi connectivity index (χ2v) is 6.91. The van der Waals surface area contributed by atoms with Gasteiger partial charge in [0.2, 0.25) is 0 Å². The van der Waals surface area contributed by atoms with Gasteiger partial charge in [-0.1, -0.05) is 13.8 Å². The second kappa shape index (κ2) is 5.99. The summed E-state index contributed by atoms with van der Waals surface area (Å²) in [5.41, 5.74) is 6.47. The average Bonchev–Trinajstić information content (AvgIpc) is 3.08. The van der Waals surface area contributed by atoms with Crippen LogP contribution in [0, 0.1) is 5.92 Å². The van der Waals surface area contributed by atoms with E-state index < -0.39 is 0 Å². The summed E-state index contributed by atoms with van der Waals surface area (Å²) in [7, 11) is 0. The summed E-state index contributed by atoms with van der Waals surface area (Å²) in [6, 6.07) is 0.636. The Bertz CT molecular complexity index is 480. The van der Waals surface area contributed by atoms with Crippen molar-refractivity contribution in [2.24, 2.45) is 5.92 Å². The van der Waals surface area contributed by atoms with Gasteiger partial charge in [0.1, 0.15) is 10.6 Å². The molecular formula is C14H24N4OS. The molecule has 0 radical (unpaired) electrons. The van der Waals surface area contributed by atoms with Gasteiger partial charge in [-0.25, -0.2) is 0 Å². The zero-order chi connectivity index (χ0) is 14.9. The number of rotatable bonds is 6. The number of carbonyl (C=O) groups excluding carboxylic acids is 1. The third-order valence-corrected chi connectivity index (χ3v) is 4.06. The number of nitrogens with zero attached hydrogens (tertiary/aromatic N) is 2. The third-order valence-electron chi connectivity index (χ3n) is 3.16. The Balaban J connectivity index is 2.28. The SMILES string of the molecule is CC(C)CN(c1snc(N)c1C(=O)NC(C)C)C1CC1. The van der Waals surface area contributed by atoms with Crippen molar-refractivity contribution in [3.63, 3.8) is 0 Å². The van der Waals surface area contributed by atoms with Crippen LogP contribution in [0.15, 0.2) is 0 Å². The van der Waals surface area contributed by atoms with Crippen LogP contribution in [0.3, 0.4) is 0 Å². The molecule has 20 heavy (non-hydrogen) atoms. The number of hydrogen-bond donors (Lipinski definition) is 2.